The van der Waals surface area contributed by atoms with Gasteiger partial charge in [-0.15, -0.1) is 0 Å². The van der Waals surface area contributed by atoms with E-state index in [0.29, 0.717) is 25.2 Å². The van der Waals surface area contributed by atoms with Crippen molar-refractivity contribution in [3.05, 3.63) is 64.8 Å². The van der Waals surface area contributed by atoms with Gasteiger partial charge in [-0.2, -0.15) is 18.3 Å². The fourth-order valence-electron chi connectivity index (χ4n) is 3.51. The quantitative estimate of drug-likeness (QED) is 0.629. The SMILES string of the molecule is CCc1cc(C(=O)N2CC[C@H](c3cc(COc4cccc(C(F)(F)F)c4)[nH]n3)C2)on1. The third-order valence-electron chi connectivity index (χ3n) is 5.23. The summed E-state index contributed by atoms with van der Waals surface area (Å²) < 4.78 is 49.0. The summed E-state index contributed by atoms with van der Waals surface area (Å²) in [4.78, 5) is 14.3. The summed E-state index contributed by atoms with van der Waals surface area (Å²) >= 11 is 0. The number of ether oxygens (including phenoxy) is 1. The van der Waals surface area contributed by atoms with E-state index in [1.807, 2.05) is 13.0 Å². The maximum absolute atomic E-state index is 12.8. The van der Waals surface area contributed by atoms with Gasteiger partial charge in [-0.05, 0) is 37.1 Å². The second-order valence-corrected chi connectivity index (χ2v) is 7.41. The molecular formula is C21H21F3N4O3. The third-order valence-corrected chi connectivity index (χ3v) is 5.23. The lowest BCUT2D eigenvalue weighted by Gasteiger charge is -2.13. The molecular weight excluding hydrogens is 413 g/mol. The van der Waals surface area contributed by atoms with Crippen LogP contribution in [-0.4, -0.2) is 39.3 Å². The Kier molecular flexibility index (Phi) is 5.71. The molecule has 3 aromatic rings. The first-order valence-electron chi connectivity index (χ1n) is 9.92. The maximum atomic E-state index is 12.8. The van der Waals surface area contributed by atoms with E-state index in [2.05, 4.69) is 15.4 Å². The van der Waals surface area contributed by atoms with Crippen LogP contribution in [-0.2, 0) is 19.2 Å². The van der Waals surface area contributed by atoms with Crippen molar-refractivity contribution in [1.29, 1.82) is 0 Å². The van der Waals surface area contributed by atoms with Crippen molar-refractivity contribution in [3.8, 4) is 5.75 Å². The number of nitrogens with zero attached hydrogens (tertiary/aromatic N) is 3. The van der Waals surface area contributed by atoms with Crippen LogP contribution in [0.1, 0.15) is 52.5 Å². The number of H-pyrrole nitrogens is 1. The van der Waals surface area contributed by atoms with Gasteiger partial charge in [-0.1, -0.05) is 18.1 Å². The number of benzene rings is 1. The van der Waals surface area contributed by atoms with Gasteiger partial charge in [0.25, 0.3) is 5.91 Å². The van der Waals surface area contributed by atoms with Crippen molar-refractivity contribution in [1.82, 2.24) is 20.3 Å². The number of alkyl halides is 3. The zero-order chi connectivity index (χ0) is 22.0. The minimum Gasteiger partial charge on any atom is -0.487 e. The molecule has 1 aliphatic heterocycles. The van der Waals surface area contributed by atoms with Gasteiger partial charge in [0.2, 0.25) is 5.76 Å². The maximum Gasteiger partial charge on any atom is 0.416 e. The van der Waals surface area contributed by atoms with E-state index in [4.69, 9.17) is 9.26 Å². The molecule has 0 bridgehead atoms. The average molecular weight is 434 g/mol. The standard InChI is InChI=1S/C21H21F3N4O3/c1-2-15-10-19(31-27-15)20(29)28-7-6-13(11-28)18-9-16(25-26-18)12-30-17-5-3-4-14(8-17)21(22,23)24/h3-5,8-10,13H,2,6-7,11-12H2,1H3,(H,25,26)/t13-/m0/s1. The molecule has 0 aliphatic carbocycles. The van der Waals surface area contributed by atoms with Crippen molar-refractivity contribution in [3.63, 3.8) is 0 Å². The van der Waals surface area contributed by atoms with E-state index in [1.165, 1.54) is 12.1 Å². The number of amides is 1. The zero-order valence-corrected chi connectivity index (χ0v) is 16.8. The van der Waals surface area contributed by atoms with Gasteiger partial charge in [-0.3, -0.25) is 9.89 Å². The van der Waals surface area contributed by atoms with Crippen LogP contribution >= 0.6 is 0 Å². The largest absolute Gasteiger partial charge is 0.487 e. The predicted octanol–water partition coefficient (Wildman–Crippen LogP) is 4.19. The smallest absolute Gasteiger partial charge is 0.416 e. The van der Waals surface area contributed by atoms with Crippen LogP contribution in [0.4, 0.5) is 13.2 Å². The Balaban J connectivity index is 1.34. The summed E-state index contributed by atoms with van der Waals surface area (Å²) in [5.41, 5.74) is 1.39. The van der Waals surface area contributed by atoms with Gasteiger partial charge in [0.1, 0.15) is 12.4 Å². The molecule has 0 saturated carbocycles. The number of hydrogen-bond donors (Lipinski definition) is 1. The predicted molar refractivity (Wildman–Crippen MR) is 104 cm³/mol. The number of halogens is 3. The molecule has 7 nitrogen and oxygen atoms in total. The summed E-state index contributed by atoms with van der Waals surface area (Å²) in [6.07, 6.45) is -2.98. The van der Waals surface area contributed by atoms with Gasteiger partial charge in [0.15, 0.2) is 0 Å². The monoisotopic (exact) mass is 434 g/mol. The fourth-order valence-corrected chi connectivity index (χ4v) is 3.51. The van der Waals surface area contributed by atoms with Crippen molar-refractivity contribution >= 4 is 5.91 Å². The van der Waals surface area contributed by atoms with Gasteiger partial charge in [-0.25, -0.2) is 0 Å². The molecule has 1 fully saturated rings. The number of rotatable bonds is 6. The Labute approximate surface area is 176 Å². The lowest BCUT2D eigenvalue weighted by Crippen LogP contribution is -2.28. The second kappa shape index (κ2) is 8.44. The minimum atomic E-state index is -4.42. The molecule has 164 valence electrons. The van der Waals surface area contributed by atoms with Crippen molar-refractivity contribution in [2.75, 3.05) is 13.1 Å². The van der Waals surface area contributed by atoms with Crippen LogP contribution in [0.2, 0.25) is 0 Å². The molecule has 1 atom stereocenters. The van der Waals surface area contributed by atoms with Crippen molar-refractivity contribution in [2.45, 2.75) is 38.5 Å². The number of aromatic nitrogens is 3. The van der Waals surface area contributed by atoms with Gasteiger partial charge < -0.3 is 14.2 Å². The van der Waals surface area contributed by atoms with Gasteiger partial charge >= 0.3 is 6.18 Å². The zero-order valence-electron chi connectivity index (χ0n) is 16.8. The Hall–Kier alpha value is -3.30. The highest BCUT2D eigenvalue weighted by Gasteiger charge is 2.32. The minimum absolute atomic E-state index is 0.0519. The van der Waals surface area contributed by atoms with E-state index in [9.17, 15) is 18.0 Å². The van der Waals surface area contributed by atoms with Crippen LogP contribution in [0.25, 0.3) is 0 Å². The van der Waals surface area contributed by atoms with Crippen molar-refractivity contribution < 1.29 is 27.2 Å². The number of carbonyl (C=O) groups is 1. The highest BCUT2D eigenvalue weighted by Crippen LogP contribution is 2.32. The second-order valence-electron chi connectivity index (χ2n) is 7.41. The van der Waals surface area contributed by atoms with E-state index in [0.717, 1.165) is 29.9 Å². The average Bonchev–Trinajstić information content (AvgIpc) is 3.51. The molecule has 1 saturated heterocycles. The number of hydrogen-bond acceptors (Lipinski definition) is 5. The van der Waals surface area contributed by atoms with Crippen LogP contribution < -0.4 is 4.74 Å². The van der Waals surface area contributed by atoms with Gasteiger partial charge in [0.05, 0.1) is 22.6 Å². The van der Waals surface area contributed by atoms with E-state index in [1.54, 1.807) is 11.0 Å². The fraction of sp³-hybridized carbons (Fsp3) is 0.381. The molecule has 2 aromatic heterocycles. The summed E-state index contributed by atoms with van der Waals surface area (Å²) in [7, 11) is 0. The Morgan fingerprint density at radius 3 is 2.90 bits per heavy atom. The summed E-state index contributed by atoms with van der Waals surface area (Å²) in [6, 6.07) is 8.21. The molecule has 3 heterocycles. The molecule has 1 aromatic carbocycles. The lowest BCUT2D eigenvalue weighted by atomic mass is 10.1. The normalized spacial score (nSPS) is 16.6. The molecule has 10 heteroatoms. The highest BCUT2D eigenvalue weighted by molar-refractivity contribution is 5.91. The van der Waals surface area contributed by atoms with Crippen LogP contribution in [0.15, 0.2) is 40.9 Å². The number of aromatic amines is 1. The Morgan fingerprint density at radius 1 is 1.32 bits per heavy atom. The molecule has 1 amide bonds. The van der Waals surface area contributed by atoms with Crippen molar-refractivity contribution in [2.24, 2.45) is 0 Å². The molecule has 4 rings (SSSR count). The lowest BCUT2D eigenvalue weighted by molar-refractivity contribution is -0.137. The summed E-state index contributed by atoms with van der Waals surface area (Å²) in [6.45, 7) is 3.07. The van der Waals surface area contributed by atoms with Crippen LogP contribution in [0, 0.1) is 0 Å². The number of likely N-dealkylation sites (tertiary alicyclic amines) is 1. The van der Waals surface area contributed by atoms with Crippen LogP contribution in [0.5, 0.6) is 5.75 Å². The first-order valence-corrected chi connectivity index (χ1v) is 9.92. The molecule has 0 spiro atoms. The Bertz CT molecular complexity index is 1060. The van der Waals surface area contributed by atoms with E-state index >= 15 is 0 Å². The number of aryl methyl sites for hydroxylation is 1. The first kappa shape index (κ1) is 21.0. The number of nitrogens with one attached hydrogen (secondary N) is 1. The molecule has 1 aliphatic rings. The first-order chi connectivity index (χ1) is 14.8. The van der Waals surface area contributed by atoms with Crippen LogP contribution in [0.3, 0.4) is 0 Å². The molecule has 1 N–H and O–H groups in total. The van der Waals surface area contributed by atoms with E-state index in [-0.39, 0.29) is 29.9 Å². The molecule has 0 unspecified atom stereocenters. The number of carbonyl (C=O) groups excluding carboxylic acids is 1. The van der Waals surface area contributed by atoms with Gasteiger partial charge in [0, 0.05) is 25.1 Å². The summed E-state index contributed by atoms with van der Waals surface area (Å²) in [5, 5.41) is 11.0. The Morgan fingerprint density at radius 2 is 2.16 bits per heavy atom. The molecule has 0 radical (unpaired) electrons. The summed E-state index contributed by atoms with van der Waals surface area (Å²) in [5.74, 6) is 0.214. The third kappa shape index (κ3) is 4.73. The molecule has 31 heavy (non-hydrogen) atoms. The highest BCUT2D eigenvalue weighted by atomic mass is 19.4. The topological polar surface area (TPSA) is 84.2 Å². The van der Waals surface area contributed by atoms with E-state index < -0.39 is 11.7 Å².